The molecule has 0 aliphatic carbocycles. The summed E-state index contributed by atoms with van der Waals surface area (Å²) < 4.78 is 1.15. The van der Waals surface area contributed by atoms with Crippen LogP contribution in [-0.4, -0.2) is 6.54 Å². The highest BCUT2D eigenvalue weighted by molar-refractivity contribution is 9.10. The van der Waals surface area contributed by atoms with Gasteiger partial charge in [-0.2, -0.15) is 0 Å². The van der Waals surface area contributed by atoms with Crippen molar-refractivity contribution in [2.45, 2.75) is 25.8 Å². The molecule has 2 rings (SSSR count). The van der Waals surface area contributed by atoms with Crippen LogP contribution in [-0.2, 0) is 6.42 Å². The molecule has 1 unspecified atom stereocenters. The van der Waals surface area contributed by atoms with Crippen LogP contribution < -0.4 is 5.32 Å². The predicted octanol–water partition coefficient (Wildman–Crippen LogP) is 5.45. The summed E-state index contributed by atoms with van der Waals surface area (Å²) in [6, 6.07) is 10.6. The van der Waals surface area contributed by atoms with Crippen molar-refractivity contribution in [2.24, 2.45) is 0 Å². The van der Waals surface area contributed by atoms with Crippen molar-refractivity contribution in [2.75, 3.05) is 6.54 Å². The summed E-state index contributed by atoms with van der Waals surface area (Å²) in [4.78, 5) is 1.36. The van der Waals surface area contributed by atoms with Gasteiger partial charge in [-0.3, -0.25) is 0 Å². The van der Waals surface area contributed by atoms with Gasteiger partial charge in [0.15, 0.2) is 0 Å². The quantitative estimate of drug-likeness (QED) is 0.724. The van der Waals surface area contributed by atoms with Gasteiger partial charge in [0.25, 0.3) is 0 Å². The molecular formula is C15H17BrClNS. The van der Waals surface area contributed by atoms with Gasteiger partial charge in [0.2, 0.25) is 0 Å². The van der Waals surface area contributed by atoms with Crippen LogP contribution in [0.5, 0.6) is 0 Å². The minimum absolute atomic E-state index is 0.277. The molecule has 0 saturated heterocycles. The van der Waals surface area contributed by atoms with E-state index >= 15 is 0 Å². The van der Waals surface area contributed by atoms with Crippen molar-refractivity contribution in [1.29, 1.82) is 0 Å². The van der Waals surface area contributed by atoms with E-state index in [4.69, 9.17) is 11.6 Å². The zero-order valence-corrected chi connectivity index (χ0v) is 14.0. The molecule has 1 aromatic heterocycles. The first kappa shape index (κ1) is 15.0. The second-order valence-corrected chi connectivity index (χ2v) is 6.78. The van der Waals surface area contributed by atoms with Crippen LogP contribution in [0.3, 0.4) is 0 Å². The van der Waals surface area contributed by atoms with Gasteiger partial charge < -0.3 is 5.32 Å². The minimum atomic E-state index is 0.277. The lowest BCUT2D eigenvalue weighted by molar-refractivity contribution is 0.532. The van der Waals surface area contributed by atoms with Crippen LogP contribution in [0.4, 0.5) is 0 Å². The zero-order valence-electron chi connectivity index (χ0n) is 10.8. The average Bonchev–Trinajstić information content (AvgIpc) is 2.81. The summed E-state index contributed by atoms with van der Waals surface area (Å²) in [5.41, 5.74) is 1.18. The Hall–Kier alpha value is -0.350. The Morgan fingerprint density at radius 2 is 2.16 bits per heavy atom. The highest BCUT2D eigenvalue weighted by atomic mass is 79.9. The van der Waals surface area contributed by atoms with Crippen LogP contribution in [0.25, 0.3) is 0 Å². The van der Waals surface area contributed by atoms with E-state index in [0.717, 1.165) is 28.9 Å². The molecule has 2 aromatic rings. The Labute approximate surface area is 132 Å². The molecule has 1 heterocycles. The summed E-state index contributed by atoms with van der Waals surface area (Å²) in [7, 11) is 0. The Kier molecular flexibility index (Phi) is 5.89. The Morgan fingerprint density at radius 3 is 2.79 bits per heavy atom. The first-order valence-electron chi connectivity index (χ1n) is 6.41. The van der Waals surface area contributed by atoms with E-state index in [1.165, 1.54) is 10.4 Å². The molecule has 0 fully saturated rings. The molecule has 102 valence electrons. The third-order valence-electron chi connectivity index (χ3n) is 2.95. The molecular weight excluding hydrogens is 342 g/mol. The van der Waals surface area contributed by atoms with Gasteiger partial charge >= 0.3 is 0 Å². The van der Waals surface area contributed by atoms with Crippen LogP contribution in [0, 0.1) is 0 Å². The number of hydrogen-bond donors (Lipinski definition) is 1. The molecule has 1 N–H and O–H groups in total. The maximum atomic E-state index is 6.32. The van der Waals surface area contributed by atoms with Crippen LogP contribution in [0.15, 0.2) is 40.2 Å². The first-order valence-corrected chi connectivity index (χ1v) is 8.46. The molecule has 4 heteroatoms. The fourth-order valence-electron chi connectivity index (χ4n) is 2.03. The van der Waals surface area contributed by atoms with Crippen molar-refractivity contribution >= 4 is 38.9 Å². The molecule has 19 heavy (non-hydrogen) atoms. The van der Waals surface area contributed by atoms with E-state index in [-0.39, 0.29) is 6.04 Å². The molecule has 0 amide bonds. The van der Waals surface area contributed by atoms with Crippen LogP contribution in [0.1, 0.15) is 29.8 Å². The second kappa shape index (κ2) is 7.44. The van der Waals surface area contributed by atoms with E-state index in [0.29, 0.717) is 0 Å². The van der Waals surface area contributed by atoms with Crippen molar-refractivity contribution in [3.05, 3.63) is 55.6 Å². The number of thiophene rings is 1. The number of hydrogen-bond acceptors (Lipinski definition) is 2. The highest BCUT2D eigenvalue weighted by Gasteiger charge is 2.15. The second-order valence-electron chi connectivity index (χ2n) is 4.46. The fraction of sp³-hybridized carbons (Fsp3) is 0.333. The standard InChI is InChI=1S/C15H17BrClNS/c1-2-7-18-15(9-12-8-11(16)10-19-12)13-5-3-4-6-14(13)17/h3-6,8,10,15,18H,2,7,9H2,1H3. The third kappa shape index (κ3) is 4.32. The van der Waals surface area contributed by atoms with Gasteiger partial charge in [-0.25, -0.2) is 0 Å². The molecule has 1 atom stereocenters. The van der Waals surface area contributed by atoms with Gasteiger partial charge in [0.05, 0.1) is 0 Å². The smallest absolute Gasteiger partial charge is 0.0453 e. The van der Waals surface area contributed by atoms with E-state index in [1.807, 2.05) is 18.2 Å². The highest BCUT2D eigenvalue weighted by Crippen LogP contribution is 2.29. The van der Waals surface area contributed by atoms with E-state index < -0.39 is 0 Å². The van der Waals surface area contributed by atoms with E-state index in [2.05, 4.69) is 45.7 Å². The zero-order chi connectivity index (χ0) is 13.7. The molecule has 0 spiro atoms. The largest absolute Gasteiger partial charge is 0.310 e. The summed E-state index contributed by atoms with van der Waals surface area (Å²) in [5.74, 6) is 0. The summed E-state index contributed by atoms with van der Waals surface area (Å²) in [6.45, 7) is 3.18. The predicted molar refractivity (Wildman–Crippen MR) is 88.2 cm³/mol. The molecule has 1 nitrogen and oxygen atoms in total. The van der Waals surface area contributed by atoms with Crippen LogP contribution in [0.2, 0.25) is 5.02 Å². The van der Waals surface area contributed by atoms with Gasteiger partial charge in [0.1, 0.15) is 0 Å². The molecule has 1 aromatic carbocycles. The van der Waals surface area contributed by atoms with Crippen molar-refractivity contribution < 1.29 is 0 Å². The maximum Gasteiger partial charge on any atom is 0.0453 e. The van der Waals surface area contributed by atoms with Crippen molar-refractivity contribution in [3.63, 3.8) is 0 Å². The average molecular weight is 359 g/mol. The minimum Gasteiger partial charge on any atom is -0.310 e. The number of nitrogens with one attached hydrogen (secondary N) is 1. The van der Waals surface area contributed by atoms with Gasteiger partial charge in [0, 0.05) is 32.2 Å². The van der Waals surface area contributed by atoms with Crippen molar-refractivity contribution in [3.8, 4) is 0 Å². The maximum absolute atomic E-state index is 6.32. The monoisotopic (exact) mass is 357 g/mol. The van der Waals surface area contributed by atoms with E-state index in [1.54, 1.807) is 11.3 Å². The molecule has 0 saturated carbocycles. The Bertz CT molecular complexity index is 526. The fourth-order valence-corrected chi connectivity index (χ4v) is 3.80. The van der Waals surface area contributed by atoms with Gasteiger partial charge in [-0.05, 0) is 46.6 Å². The number of rotatable bonds is 6. The molecule has 0 radical (unpaired) electrons. The number of benzene rings is 1. The number of halogens is 2. The van der Waals surface area contributed by atoms with E-state index in [9.17, 15) is 0 Å². The lowest BCUT2D eigenvalue weighted by Gasteiger charge is -2.19. The summed E-state index contributed by atoms with van der Waals surface area (Å²) >= 11 is 11.6. The Balaban J connectivity index is 2.18. The first-order chi connectivity index (χ1) is 9.20. The van der Waals surface area contributed by atoms with Crippen LogP contribution >= 0.6 is 38.9 Å². The molecule has 0 aliphatic rings. The van der Waals surface area contributed by atoms with Gasteiger partial charge in [-0.1, -0.05) is 36.7 Å². The van der Waals surface area contributed by atoms with Gasteiger partial charge in [-0.15, -0.1) is 11.3 Å². The Morgan fingerprint density at radius 1 is 1.37 bits per heavy atom. The SMILES string of the molecule is CCCNC(Cc1cc(Br)cs1)c1ccccc1Cl. The molecule has 0 bridgehead atoms. The normalized spacial score (nSPS) is 12.6. The van der Waals surface area contributed by atoms with Crippen molar-refractivity contribution in [1.82, 2.24) is 5.32 Å². The lowest BCUT2D eigenvalue weighted by Crippen LogP contribution is -2.24. The topological polar surface area (TPSA) is 12.0 Å². The summed E-state index contributed by atoms with van der Waals surface area (Å²) in [5, 5.41) is 6.55. The third-order valence-corrected chi connectivity index (χ3v) is 5.01. The lowest BCUT2D eigenvalue weighted by atomic mass is 10.0. The summed E-state index contributed by atoms with van der Waals surface area (Å²) in [6.07, 6.45) is 2.09. The molecule has 0 aliphatic heterocycles.